The van der Waals surface area contributed by atoms with Crippen LogP contribution in [0.1, 0.15) is 22.3 Å². The molecule has 0 radical (unpaired) electrons. The molecule has 4 aromatic rings. The van der Waals surface area contributed by atoms with Crippen LogP contribution in [-0.2, 0) is 25.7 Å². The number of rotatable bonds is 8. The molecule has 4 N–H and O–H groups in total. The molecule has 4 rings (SSSR count). The van der Waals surface area contributed by atoms with Gasteiger partial charge in [0.2, 0.25) is 0 Å². The van der Waals surface area contributed by atoms with Crippen molar-refractivity contribution < 1.29 is 25.2 Å². The van der Waals surface area contributed by atoms with Crippen LogP contribution < -0.4 is 4.74 Å². The average Bonchev–Trinajstić information content (AvgIpc) is 2.81. The standard InChI is InChI=1S/C28H26O5/c29-23-5-1-3-20(15-23)8-9-21-4-2-6-25(16-21)33-24-13-11-19(12-14-24)7-10-22-17-26(30)28(32)27(31)18-22/h1-6,11-18,29-32H,7-10H2. The molecule has 0 amide bonds. The Hall–Kier alpha value is -4.12. The number of ether oxygens (including phenoxy) is 1. The first-order valence-electron chi connectivity index (χ1n) is 10.8. The second-order valence-electron chi connectivity index (χ2n) is 8.05. The van der Waals surface area contributed by atoms with Crippen molar-refractivity contribution in [3.05, 3.63) is 107 Å². The lowest BCUT2D eigenvalue weighted by Crippen LogP contribution is -1.93. The summed E-state index contributed by atoms with van der Waals surface area (Å²) in [6, 6.07) is 26.0. The van der Waals surface area contributed by atoms with Crippen molar-refractivity contribution in [1.29, 1.82) is 0 Å². The van der Waals surface area contributed by atoms with E-state index in [4.69, 9.17) is 4.74 Å². The van der Waals surface area contributed by atoms with Crippen molar-refractivity contribution in [1.82, 2.24) is 0 Å². The minimum Gasteiger partial charge on any atom is -0.508 e. The fourth-order valence-corrected chi connectivity index (χ4v) is 3.72. The molecule has 168 valence electrons. The number of phenolic OH excluding ortho intramolecular Hbond substituents is 4. The quantitative estimate of drug-likeness (QED) is 0.256. The summed E-state index contributed by atoms with van der Waals surface area (Å²) in [5, 5.41) is 38.3. The van der Waals surface area contributed by atoms with Crippen LogP contribution in [0.4, 0.5) is 0 Å². The highest BCUT2D eigenvalue weighted by atomic mass is 16.5. The Morgan fingerprint density at radius 1 is 0.485 bits per heavy atom. The zero-order valence-electron chi connectivity index (χ0n) is 18.1. The summed E-state index contributed by atoms with van der Waals surface area (Å²) in [7, 11) is 0. The molecule has 0 aliphatic rings. The number of aromatic hydroxyl groups is 4. The predicted octanol–water partition coefficient (Wildman–Crippen LogP) is 5.87. The van der Waals surface area contributed by atoms with Gasteiger partial charge in [-0.25, -0.2) is 0 Å². The Balaban J connectivity index is 1.33. The van der Waals surface area contributed by atoms with Gasteiger partial charge in [0.1, 0.15) is 17.2 Å². The monoisotopic (exact) mass is 442 g/mol. The smallest absolute Gasteiger partial charge is 0.200 e. The minimum atomic E-state index is -0.497. The molecular formula is C28H26O5. The summed E-state index contributed by atoms with van der Waals surface area (Å²) in [6.45, 7) is 0. The van der Waals surface area contributed by atoms with E-state index in [1.807, 2.05) is 54.6 Å². The normalized spacial score (nSPS) is 10.8. The summed E-state index contributed by atoms with van der Waals surface area (Å²) in [5.74, 6) is 0.655. The summed E-state index contributed by atoms with van der Waals surface area (Å²) >= 11 is 0. The van der Waals surface area contributed by atoms with Gasteiger partial charge in [0.25, 0.3) is 0 Å². The molecule has 0 fully saturated rings. The molecule has 0 aliphatic carbocycles. The van der Waals surface area contributed by atoms with E-state index in [1.54, 1.807) is 12.1 Å². The zero-order valence-corrected chi connectivity index (χ0v) is 18.1. The van der Waals surface area contributed by atoms with Crippen LogP contribution in [0, 0.1) is 0 Å². The lowest BCUT2D eigenvalue weighted by Gasteiger charge is -2.10. The second kappa shape index (κ2) is 10.0. The topological polar surface area (TPSA) is 90.2 Å². The average molecular weight is 443 g/mol. The van der Waals surface area contributed by atoms with Crippen LogP contribution in [0.15, 0.2) is 84.9 Å². The van der Waals surface area contributed by atoms with E-state index in [1.165, 1.54) is 12.1 Å². The molecule has 0 heterocycles. The molecule has 0 bridgehead atoms. The SMILES string of the molecule is Oc1cccc(CCc2cccc(Oc3ccc(CCc4cc(O)c(O)c(O)c4)cc3)c2)c1. The van der Waals surface area contributed by atoms with Crippen molar-refractivity contribution in [2.24, 2.45) is 0 Å². The largest absolute Gasteiger partial charge is 0.508 e. The number of hydrogen-bond donors (Lipinski definition) is 4. The number of hydrogen-bond acceptors (Lipinski definition) is 5. The van der Waals surface area contributed by atoms with Gasteiger partial charge >= 0.3 is 0 Å². The zero-order chi connectivity index (χ0) is 23.2. The van der Waals surface area contributed by atoms with Gasteiger partial charge in [-0.15, -0.1) is 0 Å². The summed E-state index contributed by atoms with van der Waals surface area (Å²) in [4.78, 5) is 0. The highest BCUT2D eigenvalue weighted by Gasteiger charge is 2.08. The predicted molar refractivity (Wildman–Crippen MR) is 127 cm³/mol. The van der Waals surface area contributed by atoms with E-state index < -0.39 is 5.75 Å². The maximum absolute atomic E-state index is 9.64. The fourth-order valence-electron chi connectivity index (χ4n) is 3.72. The van der Waals surface area contributed by atoms with E-state index in [-0.39, 0.29) is 17.2 Å². The van der Waals surface area contributed by atoms with E-state index in [0.29, 0.717) is 12.8 Å². The third kappa shape index (κ3) is 5.98. The van der Waals surface area contributed by atoms with Crippen molar-refractivity contribution in [3.63, 3.8) is 0 Å². The molecular weight excluding hydrogens is 416 g/mol. The van der Waals surface area contributed by atoms with E-state index in [9.17, 15) is 20.4 Å². The van der Waals surface area contributed by atoms with Crippen LogP contribution in [0.25, 0.3) is 0 Å². The lowest BCUT2D eigenvalue weighted by molar-refractivity contribution is 0.367. The summed E-state index contributed by atoms with van der Waals surface area (Å²) in [5.41, 5.74) is 4.09. The van der Waals surface area contributed by atoms with Gasteiger partial charge in [0.05, 0.1) is 0 Å². The van der Waals surface area contributed by atoms with Crippen molar-refractivity contribution in [2.75, 3.05) is 0 Å². The summed E-state index contributed by atoms with van der Waals surface area (Å²) in [6.07, 6.45) is 3.02. The van der Waals surface area contributed by atoms with Crippen molar-refractivity contribution in [2.45, 2.75) is 25.7 Å². The second-order valence-corrected chi connectivity index (χ2v) is 8.05. The number of benzene rings is 4. The molecule has 4 aromatic carbocycles. The fraction of sp³-hybridized carbons (Fsp3) is 0.143. The Kier molecular flexibility index (Phi) is 6.69. The number of aryl methyl sites for hydroxylation is 4. The van der Waals surface area contributed by atoms with Gasteiger partial charge in [0.15, 0.2) is 17.2 Å². The highest BCUT2D eigenvalue weighted by molar-refractivity contribution is 5.51. The molecule has 0 aromatic heterocycles. The van der Waals surface area contributed by atoms with Crippen LogP contribution in [0.3, 0.4) is 0 Å². The van der Waals surface area contributed by atoms with Crippen LogP contribution >= 0.6 is 0 Å². The Labute approximate surface area is 192 Å². The Bertz CT molecular complexity index is 1210. The van der Waals surface area contributed by atoms with Crippen molar-refractivity contribution in [3.8, 4) is 34.5 Å². The third-order valence-electron chi connectivity index (χ3n) is 5.50. The molecule has 0 aliphatic heterocycles. The molecule has 0 saturated heterocycles. The van der Waals surface area contributed by atoms with Gasteiger partial charge in [0, 0.05) is 0 Å². The van der Waals surface area contributed by atoms with E-state index in [2.05, 4.69) is 6.07 Å². The number of phenols is 4. The van der Waals surface area contributed by atoms with Crippen molar-refractivity contribution >= 4 is 0 Å². The molecule has 5 nitrogen and oxygen atoms in total. The molecule has 0 saturated carbocycles. The lowest BCUT2D eigenvalue weighted by atomic mass is 10.0. The van der Waals surface area contributed by atoms with Crippen LogP contribution in [0.2, 0.25) is 0 Å². The molecule has 0 spiro atoms. The maximum Gasteiger partial charge on any atom is 0.200 e. The van der Waals surface area contributed by atoms with Crippen LogP contribution in [0.5, 0.6) is 34.5 Å². The third-order valence-corrected chi connectivity index (χ3v) is 5.50. The first kappa shape index (κ1) is 22.1. The minimum absolute atomic E-state index is 0.285. The molecule has 5 heteroatoms. The first-order valence-corrected chi connectivity index (χ1v) is 10.8. The Morgan fingerprint density at radius 3 is 1.73 bits per heavy atom. The molecule has 0 atom stereocenters. The molecule has 0 unspecified atom stereocenters. The van der Waals surface area contributed by atoms with Gasteiger partial charge in [-0.2, -0.15) is 0 Å². The Morgan fingerprint density at radius 2 is 1.06 bits per heavy atom. The van der Waals surface area contributed by atoms with E-state index >= 15 is 0 Å². The molecule has 33 heavy (non-hydrogen) atoms. The van der Waals surface area contributed by atoms with Gasteiger partial charge in [-0.1, -0.05) is 36.4 Å². The maximum atomic E-state index is 9.64. The van der Waals surface area contributed by atoms with Gasteiger partial charge in [-0.05, 0) is 96.5 Å². The van der Waals surface area contributed by atoms with E-state index in [0.717, 1.165) is 46.6 Å². The van der Waals surface area contributed by atoms with Gasteiger partial charge in [-0.3, -0.25) is 0 Å². The van der Waals surface area contributed by atoms with Crippen LogP contribution in [-0.4, -0.2) is 20.4 Å². The first-order chi connectivity index (χ1) is 16.0. The summed E-state index contributed by atoms with van der Waals surface area (Å²) < 4.78 is 6.02. The highest BCUT2D eigenvalue weighted by Crippen LogP contribution is 2.35. The van der Waals surface area contributed by atoms with Gasteiger partial charge < -0.3 is 25.2 Å².